The highest BCUT2D eigenvalue weighted by atomic mass is 32.2. The molecule has 0 aliphatic carbocycles. The van der Waals surface area contributed by atoms with Crippen LogP contribution in [-0.2, 0) is 22.6 Å². The first-order chi connectivity index (χ1) is 17.2. The van der Waals surface area contributed by atoms with Crippen LogP contribution in [0.5, 0.6) is 11.5 Å². The number of hydrogen-bond donors (Lipinski definition) is 0. The second-order valence-electron chi connectivity index (χ2n) is 8.61. The molecule has 12 heteroatoms. The molecule has 4 rings (SSSR count). The molecular formula is C24H29N7O4S. The number of aryl methyl sites for hydroxylation is 2. The zero-order chi connectivity index (χ0) is 26.0. The van der Waals surface area contributed by atoms with Crippen molar-refractivity contribution in [3.8, 4) is 28.6 Å². The molecule has 0 aliphatic heterocycles. The minimum atomic E-state index is -3.71. The van der Waals surface area contributed by atoms with Crippen molar-refractivity contribution in [2.24, 2.45) is 7.05 Å². The van der Waals surface area contributed by atoms with Gasteiger partial charge in [0, 0.05) is 31.6 Å². The van der Waals surface area contributed by atoms with Gasteiger partial charge in [-0.3, -0.25) is 9.25 Å². The van der Waals surface area contributed by atoms with E-state index in [2.05, 4.69) is 25.3 Å². The fourth-order valence-corrected chi connectivity index (χ4v) is 5.44. The van der Waals surface area contributed by atoms with Crippen molar-refractivity contribution in [1.29, 1.82) is 0 Å². The lowest BCUT2D eigenvalue weighted by molar-refractivity contribution is 0.390. The number of aromatic nitrogens is 7. The minimum Gasteiger partial charge on any atom is -0.494 e. The molecule has 0 aliphatic rings. The Kier molecular flexibility index (Phi) is 7.07. The average Bonchev–Trinajstić information content (AvgIpc) is 3.48. The van der Waals surface area contributed by atoms with Crippen molar-refractivity contribution in [2.45, 2.75) is 37.7 Å². The SMILES string of the molecule is COc1cccc(OC)c1-n1c(CS(=O)(=O)[C@@H](C)[C@H](C)c2ncc(C)cn2)nnc1-c1cnn(C)c1. The van der Waals surface area contributed by atoms with Crippen LogP contribution in [0.3, 0.4) is 0 Å². The molecule has 36 heavy (non-hydrogen) atoms. The molecule has 2 atom stereocenters. The Bertz CT molecular complexity index is 1440. The normalized spacial score (nSPS) is 13.4. The molecule has 0 saturated carbocycles. The summed E-state index contributed by atoms with van der Waals surface area (Å²) in [5, 5.41) is 12.1. The maximum absolute atomic E-state index is 13.6. The zero-order valence-corrected chi connectivity index (χ0v) is 21.9. The summed E-state index contributed by atoms with van der Waals surface area (Å²) in [6.07, 6.45) is 6.78. The number of nitrogens with zero attached hydrogens (tertiary/aromatic N) is 7. The molecule has 0 saturated heterocycles. The van der Waals surface area contributed by atoms with Crippen LogP contribution in [0.1, 0.15) is 37.0 Å². The number of ether oxygens (including phenoxy) is 2. The van der Waals surface area contributed by atoms with E-state index >= 15 is 0 Å². The van der Waals surface area contributed by atoms with Gasteiger partial charge in [-0.25, -0.2) is 18.4 Å². The lowest BCUT2D eigenvalue weighted by atomic mass is 10.1. The van der Waals surface area contributed by atoms with Crippen LogP contribution < -0.4 is 9.47 Å². The zero-order valence-electron chi connectivity index (χ0n) is 21.1. The van der Waals surface area contributed by atoms with E-state index in [1.54, 1.807) is 66.2 Å². The number of methoxy groups -OCH3 is 2. The summed E-state index contributed by atoms with van der Waals surface area (Å²) in [4.78, 5) is 8.65. The van der Waals surface area contributed by atoms with Crippen molar-refractivity contribution >= 4 is 9.84 Å². The fourth-order valence-electron chi connectivity index (χ4n) is 3.89. The van der Waals surface area contributed by atoms with Gasteiger partial charge in [-0.15, -0.1) is 10.2 Å². The Hall–Kier alpha value is -3.80. The highest BCUT2D eigenvalue weighted by Gasteiger charge is 2.33. The van der Waals surface area contributed by atoms with Crippen LogP contribution in [0.25, 0.3) is 17.1 Å². The second-order valence-corrected chi connectivity index (χ2v) is 11.0. The van der Waals surface area contributed by atoms with Crippen molar-refractivity contribution < 1.29 is 17.9 Å². The topological polar surface area (TPSA) is 127 Å². The van der Waals surface area contributed by atoms with Gasteiger partial charge in [0.15, 0.2) is 21.5 Å². The Morgan fingerprint density at radius 2 is 1.64 bits per heavy atom. The summed E-state index contributed by atoms with van der Waals surface area (Å²) in [5.74, 6) is 1.28. The van der Waals surface area contributed by atoms with Crippen molar-refractivity contribution in [2.75, 3.05) is 14.2 Å². The van der Waals surface area contributed by atoms with Crippen molar-refractivity contribution in [3.63, 3.8) is 0 Å². The molecule has 0 fully saturated rings. The Balaban J connectivity index is 1.81. The summed E-state index contributed by atoms with van der Waals surface area (Å²) in [7, 11) is 1.15. The van der Waals surface area contributed by atoms with Gasteiger partial charge in [0.2, 0.25) is 0 Å². The van der Waals surface area contributed by atoms with E-state index in [1.807, 2.05) is 13.8 Å². The molecule has 3 heterocycles. The van der Waals surface area contributed by atoms with E-state index in [0.29, 0.717) is 34.4 Å². The van der Waals surface area contributed by atoms with E-state index < -0.39 is 21.0 Å². The first-order valence-corrected chi connectivity index (χ1v) is 13.0. The standard InChI is InChI=1S/C24H29N7O4S/c1-15-10-25-23(26-11-15)16(2)17(3)36(32,33)14-21-28-29-24(18-12-27-30(4)13-18)31(21)22-19(34-5)8-7-9-20(22)35-6/h7-13,16-17H,14H2,1-6H3/t16-,17-/m0/s1. The van der Waals surface area contributed by atoms with E-state index in [-0.39, 0.29) is 11.6 Å². The van der Waals surface area contributed by atoms with Crippen LogP contribution in [0, 0.1) is 6.92 Å². The molecule has 0 amide bonds. The number of rotatable bonds is 9. The highest BCUT2D eigenvalue weighted by Crippen LogP contribution is 2.37. The summed E-state index contributed by atoms with van der Waals surface area (Å²) in [5.41, 5.74) is 2.07. The quantitative estimate of drug-likeness (QED) is 0.333. The monoisotopic (exact) mass is 511 g/mol. The Morgan fingerprint density at radius 3 is 2.19 bits per heavy atom. The van der Waals surface area contributed by atoms with Gasteiger partial charge < -0.3 is 9.47 Å². The number of hydrogen-bond acceptors (Lipinski definition) is 9. The number of sulfone groups is 1. The molecule has 1 aromatic carbocycles. The molecule has 3 aromatic heterocycles. The third-order valence-electron chi connectivity index (χ3n) is 6.13. The molecular weight excluding hydrogens is 482 g/mol. The van der Waals surface area contributed by atoms with Gasteiger partial charge in [-0.2, -0.15) is 5.10 Å². The van der Waals surface area contributed by atoms with Gasteiger partial charge in [-0.05, 0) is 31.5 Å². The molecule has 0 spiro atoms. The van der Waals surface area contributed by atoms with Crippen LogP contribution in [0.4, 0.5) is 0 Å². The molecule has 4 aromatic rings. The maximum Gasteiger partial charge on any atom is 0.172 e. The highest BCUT2D eigenvalue weighted by molar-refractivity contribution is 7.91. The lowest BCUT2D eigenvalue weighted by Gasteiger charge is -2.20. The molecule has 11 nitrogen and oxygen atoms in total. The third-order valence-corrected chi connectivity index (χ3v) is 8.33. The van der Waals surface area contributed by atoms with Crippen LogP contribution in [-0.4, -0.2) is 62.4 Å². The maximum atomic E-state index is 13.6. The van der Waals surface area contributed by atoms with Gasteiger partial charge in [0.05, 0.1) is 31.2 Å². The Labute approximate surface area is 210 Å². The van der Waals surface area contributed by atoms with Crippen molar-refractivity contribution in [1.82, 2.24) is 34.5 Å². The molecule has 0 unspecified atom stereocenters. The van der Waals surface area contributed by atoms with Crippen molar-refractivity contribution in [3.05, 3.63) is 60.2 Å². The summed E-state index contributed by atoms with van der Waals surface area (Å²) in [6, 6.07) is 5.32. The van der Waals surface area contributed by atoms with Gasteiger partial charge in [0.1, 0.15) is 28.8 Å². The van der Waals surface area contributed by atoms with Crippen LogP contribution in [0.2, 0.25) is 0 Å². The number of para-hydroxylation sites is 1. The summed E-state index contributed by atoms with van der Waals surface area (Å²) in [6.45, 7) is 5.35. The van der Waals surface area contributed by atoms with Gasteiger partial charge >= 0.3 is 0 Å². The third kappa shape index (κ3) is 4.81. The predicted molar refractivity (Wildman–Crippen MR) is 134 cm³/mol. The predicted octanol–water partition coefficient (Wildman–Crippen LogP) is 2.89. The van der Waals surface area contributed by atoms with E-state index in [1.165, 1.54) is 14.2 Å². The van der Waals surface area contributed by atoms with Gasteiger partial charge in [0.25, 0.3) is 0 Å². The molecule has 190 valence electrons. The smallest absolute Gasteiger partial charge is 0.172 e. The van der Waals surface area contributed by atoms with E-state index in [4.69, 9.17) is 9.47 Å². The van der Waals surface area contributed by atoms with Crippen LogP contribution >= 0.6 is 0 Å². The summed E-state index contributed by atoms with van der Waals surface area (Å²) >= 11 is 0. The molecule has 0 radical (unpaired) electrons. The minimum absolute atomic E-state index is 0.223. The first kappa shape index (κ1) is 25.3. The average molecular weight is 512 g/mol. The lowest BCUT2D eigenvalue weighted by Crippen LogP contribution is -2.27. The Morgan fingerprint density at radius 1 is 1.00 bits per heavy atom. The fraction of sp³-hybridized carbons (Fsp3) is 0.375. The summed E-state index contributed by atoms with van der Waals surface area (Å²) < 4.78 is 41.7. The van der Waals surface area contributed by atoms with Gasteiger partial charge in [-0.1, -0.05) is 13.0 Å². The van der Waals surface area contributed by atoms with E-state index in [9.17, 15) is 8.42 Å². The second kappa shape index (κ2) is 10.1. The molecule has 0 bridgehead atoms. The number of benzene rings is 1. The first-order valence-electron chi connectivity index (χ1n) is 11.3. The van der Waals surface area contributed by atoms with Crippen LogP contribution in [0.15, 0.2) is 43.0 Å². The molecule has 0 N–H and O–H groups in total. The van der Waals surface area contributed by atoms with E-state index in [0.717, 1.165) is 5.56 Å². The largest absolute Gasteiger partial charge is 0.494 e.